The second-order valence-electron chi connectivity index (χ2n) is 7.34. The second kappa shape index (κ2) is 8.52. The zero-order valence-electron chi connectivity index (χ0n) is 16.2. The molecule has 2 aromatic carbocycles. The number of carbonyl (C=O) groups is 1. The second-order valence-corrected chi connectivity index (χ2v) is 9.35. The van der Waals surface area contributed by atoms with Gasteiger partial charge in [-0.2, -0.15) is 0 Å². The van der Waals surface area contributed by atoms with E-state index in [1.54, 1.807) is 24.3 Å². The molecule has 1 amide bonds. The molecule has 7 nitrogen and oxygen atoms in total. The van der Waals surface area contributed by atoms with E-state index in [0.29, 0.717) is 24.2 Å². The molecule has 8 heteroatoms. The third-order valence-corrected chi connectivity index (χ3v) is 7.06. The van der Waals surface area contributed by atoms with Crippen molar-refractivity contribution in [2.24, 2.45) is 0 Å². The van der Waals surface area contributed by atoms with Crippen molar-refractivity contribution in [2.75, 3.05) is 48.2 Å². The summed E-state index contributed by atoms with van der Waals surface area (Å²) in [5.41, 5.74) is 2.82. The van der Waals surface area contributed by atoms with Gasteiger partial charge >= 0.3 is 0 Å². The van der Waals surface area contributed by atoms with Gasteiger partial charge in [0, 0.05) is 37.4 Å². The fourth-order valence-corrected chi connectivity index (χ4v) is 5.26. The molecule has 29 heavy (non-hydrogen) atoms. The highest BCUT2D eigenvalue weighted by Gasteiger charge is 2.28. The number of morpholine rings is 1. The Morgan fingerprint density at radius 2 is 1.83 bits per heavy atom. The number of anilines is 2. The maximum absolute atomic E-state index is 12.7. The molecule has 0 aromatic heterocycles. The number of hydrogen-bond donors (Lipinski definition) is 1. The summed E-state index contributed by atoms with van der Waals surface area (Å²) in [6.45, 7) is 4.58. The molecule has 1 N–H and O–H groups in total. The molecule has 2 aliphatic heterocycles. The molecule has 0 saturated carbocycles. The Labute approximate surface area is 171 Å². The lowest BCUT2D eigenvalue weighted by molar-refractivity contribution is 0.0342. The van der Waals surface area contributed by atoms with Gasteiger partial charge in [-0.05, 0) is 42.3 Å². The van der Waals surface area contributed by atoms with Crippen LogP contribution in [0.25, 0.3) is 0 Å². The first-order valence-electron chi connectivity index (χ1n) is 9.82. The van der Waals surface area contributed by atoms with Gasteiger partial charge in [-0.3, -0.25) is 14.0 Å². The van der Waals surface area contributed by atoms with E-state index in [4.69, 9.17) is 4.74 Å². The molecule has 0 bridgehead atoms. The SMILES string of the molecule is O=C(Nc1cccc(CN2CCOCC2)c1)c1cccc(N2CCCS2(=O)=O)c1. The average molecular weight is 416 g/mol. The van der Waals surface area contributed by atoms with E-state index in [9.17, 15) is 13.2 Å². The molecule has 0 spiro atoms. The molecule has 0 aliphatic carbocycles. The number of hydrogen-bond acceptors (Lipinski definition) is 5. The average Bonchev–Trinajstić information content (AvgIpc) is 3.08. The fraction of sp³-hybridized carbons (Fsp3) is 0.381. The number of carbonyl (C=O) groups excluding carboxylic acids is 1. The first-order chi connectivity index (χ1) is 14.0. The summed E-state index contributed by atoms with van der Waals surface area (Å²) >= 11 is 0. The van der Waals surface area contributed by atoms with Crippen molar-refractivity contribution < 1.29 is 17.9 Å². The van der Waals surface area contributed by atoms with Crippen LogP contribution in [0.5, 0.6) is 0 Å². The maximum Gasteiger partial charge on any atom is 0.255 e. The first-order valence-corrected chi connectivity index (χ1v) is 11.4. The van der Waals surface area contributed by atoms with Gasteiger partial charge < -0.3 is 10.1 Å². The smallest absolute Gasteiger partial charge is 0.255 e. The number of benzene rings is 2. The molecule has 0 radical (unpaired) electrons. The molecule has 2 aromatic rings. The number of sulfonamides is 1. The third-order valence-electron chi connectivity index (χ3n) is 5.19. The van der Waals surface area contributed by atoms with Gasteiger partial charge in [0.1, 0.15) is 0 Å². The highest BCUT2D eigenvalue weighted by Crippen LogP contribution is 2.25. The zero-order valence-corrected chi connectivity index (χ0v) is 17.0. The van der Waals surface area contributed by atoms with Gasteiger partial charge in [0.05, 0.1) is 24.7 Å². The minimum atomic E-state index is -3.27. The normalized spacial score (nSPS) is 19.2. The third kappa shape index (κ3) is 4.77. The Morgan fingerprint density at radius 3 is 2.59 bits per heavy atom. The van der Waals surface area contributed by atoms with E-state index in [0.717, 1.165) is 44.1 Å². The van der Waals surface area contributed by atoms with Crippen LogP contribution in [0.4, 0.5) is 11.4 Å². The van der Waals surface area contributed by atoms with Gasteiger partial charge in [0.2, 0.25) is 10.0 Å². The van der Waals surface area contributed by atoms with Crippen molar-refractivity contribution in [3.8, 4) is 0 Å². The van der Waals surface area contributed by atoms with Crippen molar-refractivity contribution >= 4 is 27.3 Å². The Balaban J connectivity index is 1.45. The maximum atomic E-state index is 12.7. The fourth-order valence-electron chi connectivity index (χ4n) is 3.70. The number of nitrogens with zero attached hydrogens (tertiary/aromatic N) is 2. The summed E-state index contributed by atoms with van der Waals surface area (Å²) in [5, 5.41) is 2.92. The molecule has 0 atom stereocenters. The Morgan fingerprint density at radius 1 is 1.03 bits per heavy atom. The summed E-state index contributed by atoms with van der Waals surface area (Å²) in [7, 11) is -3.27. The van der Waals surface area contributed by atoms with Crippen LogP contribution in [-0.4, -0.2) is 57.8 Å². The number of ether oxygens (including phenoxy) is 1. The summed E-state index contributed by atoms with van der Waals surface area (Å²) in [5.74, 6) is -0.105. The molecule has 2 fully saturated rings. The summed E-state index contributed by atoms with van der Waals surface area (Å²) in [4.78, 5) is 15.1. The van der Waals surface area contributed by atoms with E-state index in [1.165, 1.54) is 4.31 Å². The first kappa shape index (κ1) is 19.9. The predicted octanol–water partition coefficient (Wildman–Crippen LogP) is 2.31. The van der Waals surface area contributed by atoms with Crippen LogP contribution in [0, 0.1) is 0 Å². The Kier molecular flexibility index (Phi) is 5.84. The van der Waals surface area contributed by atoms with Crippen molar-refractivity contribution in [1.82, 2.24) is 4.90 Å². The topological polar surface area (TPSA) is 79.0 Å². The van der Waals surface area contributed by atoms with E-state index in [2.05, 4.69) is 10.2 Å². The van der Waals surface area contributed by atoms with Gasteiger partial charge in [0.25, 0.3) is 5.91 Å². The molecule has 2 aliphatic rings. The summed E-state index contributed by atoms with van der Waals surface area (Å²) in [6.07, 6.45) is 0.606. The largest absolute Gasteiger partial charge is 0.379 e. The minimum Gasteiger partial charge on any atom is -0.379 e. The number of nitrogens with one attached hydrogen (secondary N) is 1. The van der Waals surface area contributed by atoms with Crippen LogP contribution in [-0.2, 0) is 21.3 Å². The van der Waals surface area contributed by atoms with Gasteiger partial charge in [-0.1, -0.05) is 18.2 Å². The molecule has 154 valence electrons. The van der Waals surface area contributed by atoms with Gasteiger partial charge in [-0.15, -0.1) is 0 Å². The Hall–Kier alpha value is -2.42. The number of amides is 1. The van der Waals surface area contributed by atoms with Crippen LogP contribution in [0.1, 0.15) is 22.3 Å². The lowest BCUT2D eigenvalue weighted by Crippen LogP contribution is -2.35. The molecule has 4 rings (SSSR count). The van der Waals surface area contributed by atoms with Crippen molar-refractivity contribution in [2.45, 2.75) is 13.0 Å². The highest BCUT2D eigenvalue weighted by molar-refractivity contribution is 7.93. The quantitative estimate of drug-likeness (QED) is 0.811. The summed E-state index contributed by atoms with van der Waals surface area (Å²) < 4.78 is 31.1. The van der Waals surface area contributed by atoms with E-state index >= 15 is 0 Å². The van der Waals surface area contributed by atoms with Crippen molar-refractivity contribution in [3.63, 3.8) is 0 Å². The number of rotatable bonds is 5. The predicted molar refractivity (Wildman–Crippen MR) is 113 cm³/mol. The van der Waals surface area contributed by atoms with Crippen molar-refractivity contribution in [3.05, 3.63) is 59.7 Å². The molecular weight excluding hydrogens is 390 g/mol. The van der Waals surface area contributed by atoms with Crippen LogP contribution in [0.15, 0.2) is 48.5 Å². The van der Waals surface area contributed by atoms with E-state index in [-0.39, 0.29) is 11.7 Å². The molecule has 2 heterocycles. The minimum absolute atomic E-state index is 0.152. The summed E-state index contributed by atoms with van der Waals surface area (Å²) in [6, 6.07) is 14.6. The molecule has 0 unspecified atom stereocenters. The highest BCUT2D eigenvalue weighted by atomic mass is 32.2. The Bertz CT molecular complexity index is 987. The lowest BCUT2D eigenvalue weighted by atomic mass is 10.1. The van der Waals surface area contributed by atoms with Crippen LogP contribution in [0.3, 0.4) is 0 Å². The lowest BCUT2D eigenvalue weighted by Gasteiger charge is -2.26. The molecule has 2 saturated heterocycles. The zero-order chi connectivity index (χ0) is 20.3. The van der Waals surface area contributed by atoms with Gasteiger partial charge in [-0.25, -0.2) is 8.42 Å². The van der Waals surface area contributed by atoms with E-state index < -0.39 is 10.0 Å². The molecular formula is C21H25N3O4S. The standard InChI is InChI=1S/C21H25N3O4S/c25-21(18-5-2-7-20(15-18)24-8-3-13-29(24,26)27)22-19-6-1-4-17(14-19)16-23-9-11-28-12-10-23/h1-2,4-7,14-15H,3,8-13,16H2,(H,22,25). The van der Waals surface area contributed by atoms with Gasteiger partial charge in [0.15, 0.2) is 0 Å². The van der Waals surface area contributed by atoms with Crippen LogP contribution in [0.2, 0.25) is 0 Å². The van der Waals surface area contributed by atoms with Crippen molar-refractivity contribution in [1.29, 1.82) is 0 Å². The van der Waals surface area contributed by atoms with Crippen LogP contribution < -0.4 is 9.62 Å². The van der Waals surface area contributed by atoms with Crippen LogP contribution >= 0.6 is 0 Å². The monoisotopic (exact) mass is 415 g/mol. The van der Waals surface area contributed by atoms with E-state index in [1.807, 2.05) is 24.3 Å².